The molecule has 2 aliphatic carbocycles. The van der Waals surface area contributed by atoms with E-state index in [0.717, 1.165) is 43.5 Å². The maximum absolute atomic E-state index is 12.5. The number of hydrogen-bond acceptors (Lipinski definition) is 3. The summed E-state index contributed by atoms with van der Waals surface area (Å²) in [6, 6.07) is 2.14. The first kappa shape index (κ1) is 16.2. The van der Waals surface area contributed by atoms with Crippen LogP contribution in [0.15, 0.2) is 18.5 Å². The van der Waals surface area contributed by atoms with E-state index in [1.165, 1.54) is 25.0 Å². The van der Waals surface area contributed by atoms with Gasteiger partial charge in [-0.25, -0.2) is 9.48 Å². The number of anilines is 1. The van der Waals surface area contributed by atoms with E-state index in [1.54, 1.807) is 6.20 Å². The number of fused-ring (bicyclic) bond motifs is 1. The number of carbonyl (C=O) groups is 1. The zero-order valence-electron chi connectivity index (χ0n) is 14.7. The fourth-order valence-electron chi connectivity index (χ4n) is 4.20. The number of nitrogens with zero attached hydrogens (tertiary/aromatic N) is 4. The Bertz CT molecular complexity index is 743. The Labute approximate surface area is 147 Å². The van der Waals surface area contributed by atoms with Crippen molar-refractivity contribution in [1.29, 1.82) is 0 Å². The predicted molar refractivity (Wildman–Crippen MR) is 95.4 cm³/mol. The summed E-state index contributed by atoms with van der Waals surface area (Å²) >= 11 is 0. The molecule has 1 saturated carbocycles. The van der Waals surface area contributed by atoms with Crippen LogP contribution in [-0.4, -0.2) is 25.6 Å². The van der Waals surface area contributed by atoms with Crippen molar-refractivity contribution >= 4 is 11.8 Å². The van der Waals surface area contributed by atoms with Gasteiger partial charge in [0.25, 0.3) is 0 Å². The van der Waals surface area contributed by atoms with Crippen LogP contribution >= 0.6 is 0 Å². The molecule has 1 atom stereocenters. The van der Waals surface area contributed by atoms with E-state index < -0.39 is 0 Å². The summed E-state index contributed by atoms with van der Waals surface area (Å²) in [6.45, 7) is 0. The molecule has 0 aliphatic heterocycles. The summed E-state index contributed by atoms with van der Waals surface area (Å²) in [4.78, 5) is 12.5. The monoisotopic (exact) mass is 342 g/mol. The number of urea groups is 1. The molecule has 0 spiro atoms. The molecule has 4 rings (SSSR count). The Morgan fingerprint density at radius 2 is 2.00 bits per heavy atom. The number of carbonyl (C=O) groups excluding carboxylic acids is 1. The fraction of sp³-hybridized carbons (Fsp3) is 0.611. The third-order valence-electron chi connectivity index (χ3n) is 5.51. The summed E-state index contributed by atoms with van der Waals surface area (Å²) in [5, 5.41) is 14.9. The zero-order valence-corrected chi connectivity index (χ0v) is 14.7. The summed E-state index contributed by atoms with van der Waals surface area (Å²) in [5.74, 6) is 0.784. The SMILES string of the molecule is Cn1ncc2c1CCCC2NC(=O)Nc1ccnn1C1CCCCC1. The molecule has 0 aromatic carbocycles. The molecule has 2 N–H and O–H groups in total. The van der Waals surface area contributed by atoms with Crippen LogP contribution in [-0.2, 0) is 13.5 Å². The molecule has 1 fully saturated rings. The van der Waals surface area contributed by atoms with Crippen molar-refractivity contribution in [3.8, 4) is 0 Å². The van der Waals surface area contributed by atoms with Crippen LogP contribution in [0.5, 0.6) is 0 Å². The van der Waals surface area contributed by atoms with Gasteiger partial charge in [0.2, 0.25) is 0 Å². The van der Waals surface area contributed by atoms with E-state index in [0.29, 0.717) is 6.04 Å². The Hall–Kier alpha value is -2.31. The molecule has 134 valence electrons. The number of amides is 2. The molecule has 2 amide bonds. The Balaban J connectivity index is 1.43. The quantitative estimate of drug-likeness (QED) is 0.898. The van der Waals surface area contributed by atoms with Gasteiger partial charge in [-0.15, -0.1) is 0 Å². The van der Waals surface area contributed by atoms with Gasteiger partial charge >= 0.3 is 6.03 Å². The largest absolute Gasteiger partial charge is 0.331 e. The van der Waals surface area contributed by atoms with Crippen LogP contribution in [0.1, 0.15) is 68.3 Å². The smallest absolute Gasteiger partial charge is 0.320 e. The van der Waals surface area contributed by atoms with Gasteiger partial charge in [-0.3, -0.25) is 10.00 Å². The van der Waals surface area contributed by atoms with Crippen molar-refractivity contribution in [2.24, 2.45) is 7.05 Å². The van der Waals surface area contributed by atoms with E-state index in [4.69, 9.17) is 0 Å². The van der Waals surface area contributed by atoms with Gasteiger partial charge in [0, 0.05) is 24.4 Å². The van der Waals surface area contributed by atoms with E-state index in [2.05, 4.69) is 20.8 Å². The predicted octanol–water partition coefficient (Wildman–Crippen LogP) is 3.32. The molecule has 7 heteroatoms. The molecule has 0 bridgehead atoms. The maximum atomic E-state index is 12.5. The Kier molecular flexibility index (Phi) is 4.46. The fourth-order valence-corrected chi connectivity index (χ4v) is 4.20. The molecule has 0 radical (unpaired) electrons. The van der Waals surface area contributed by atoms with E-state index in [1.807, 2.05) is 28.7 Å². The lowest BCUT2D eigenvalue weighted by molar-refractivity contribution is 0.246. The first-order chi connectivity index (χ1) is 12.2. The third kappa shape index (κ3) is 3.27. The van der Waals surface area contributed by atoms with Gasteiger partial charge in [0.05, 0.1) is 24.5 Å². The van der Waals surface area contributed by atoms with Crippen LogP contribution in [0.2, 0.25) is 0 Å². The highest BCUT2D eigenvalue weighted by molar-refractivity contribution is 5.88. The Morgan fingerprint density at radius 3 is 2.84 bits per heavy atom. The summed E-state index contributed by atoms with van der Waals surface area (Å²) in [6.07, 6.45) is 12.8. The van der Waals surface area contributed by atoms with Gasteiger partial charge in [-0.1, -0.05) is 19.3 Å². The highest BCUT2D eigenvalue weighted by Gasteiger charge is 2.25. The number of aryl methyl sites for hydroxylation is 1. The normalized spacial score (nSPS) is 20.9. The number of hydrogen-bond donors (Lipinski definition) is 2. The first-order valence-electron chi connectivity index (χ1n) is 9.34. The number of nitrogens with one attached hydrogen (secondary N) is 2. The molecule has 2 aliphatic rings. The molecule has 2 heterocycles. The van der Waals surface area contributed by atoms with Crippen LogP contribution < -0.4 is 10.6 Å². The minimum Gasteiger partial charge on any atom is -0.331 e. The topological polar surface area (TPSA) is 76.8 Å². The van der Waals surface area contributed by atoms with Crippen LogP contribution in [0.25, 0.3) is 0 Å². The average Bonchev–Trinajstić information content (AvgIpc) is 3.23. The van der Waals surface area contributed by atoms with E-state index >= 15 is 0 Å². The average molecular weight is 342 g/mol. The molecular weight excluding hydrogens is 316 g/mol. The van der Waals surface area contributed by atoms with Crippen LogP contribution in [0.4, 0.5) is 10.6 Å². The molecule has 2 aromatic heterocycles. The van der Waals surface area contributed by atoms with Crippen molar-refractivity contribution in [3.63, 3.8) is 0 Å². The maximum Gasteiger partial charge on any atom is 0.320 e. The second-order valence-electron chi connectivity index (χ2n) is 7.17. The van der Waals surface area contributed by atoms with Crippen LogP contribution in [0, 0.1) is 0 Å². The summed E-state index contributed by atoms with van der Waals surface area (Å²) < 4.78 is 3.90. The number of aromatic nitrogens is 4. The molecule has 0 saturated heterocycles. The van der Waals surface area contributed by atoms with Crippen molar-refractivity contribution in [1.82, 2.24) is 24.9 Å². The molecule has 2 aromatic rings. The van der Waals surface area contributed by atoms with Gasteiger partial charge in [-0.05, 0) is 32.1 Å². The lowest BCUT2D eigenvalue weighted by atomic mass is 9.93. The van der Waals surface area contributed by atoms with Crippen molar-refractivity contribution in [2.75, 3.05) is 5.32 Å². The van der Waals surface area contributed by atoms with Crippen molar-refractivity contribution in [3.05, 3.63) is 29.7 Å². The van der Waals surface area contributed by atoms with Gasteiger partial charge < -0.3 is 5.32 Å². The minimum atomic E-state index is -0.167. The zero-order chi connectivity index (χ0) is 17.2. The van der Waals surface area contributed by atoms with Crippen LogP contribution in [0.3, 0.4) is 0 Å². The summed E-state index contributed by atoms with van der Waals surface area (Å²) in [5.41, 5.74) is 2.37. The highest BCUT2D eigenvalue weighted by atomic mass is 16.2. The van der Waals surface area contributed by atoms with E-state index in [9.17, 15) is 4.79 Å². The third-order valence-corrected chi connectivity index (χ3v) is 5.51. The van der Waals surface area contributed by atoms with Gasteiger partial charge in [0.1, 0.15) is 5.82 Å². The standard InChI is InChI=1S/C18H26N6O/c1-23-16-9-5-8-15(14(16)12-20-23)21-18(25)22-17-10-11-19-24(17)13-6-3-2-4-7-13/h10-13,15H,2-9H2,1H3,(H2,21,22,25). The summed E-state index contributed by atoms with van der Waals surface area (Å²) in [7, 11) is 1.96. The minimum absolute atomic E-state index is 0.0310. The second-order valence-corrected chi connectivity index (χ2v) is 7.17. The van der Waals surface area contributed by atoms with Crippen molar-refractivity contribution in [2.45, 2.75) is 63.5 Å². The molecule has 25 heavy (non-hydrogen) atoms. The number of rotatable bonds is 3. The molecule has 1 unspecified atom stereocenters. The second kappa shape index (κ2) is 6.90. The molecule has 7 nitrogen and oxygen atoms in total. The first-order valence-corrected chi connectivity index (χ1v) is 9.34. The van der Waals surface area contributed by atoms with Crippen molar-refractivity contribution < 1.29 is 4.79 Å². The Morgan fingerprint density at radius 1 is 1.16 bits per heavy atom. The lowest BCUT2D eigenvalue weighted by Crippen LogP contribution is -2.35. The highest BCUT2D eigenvalue weighted by Crippen LogP contribution is 2.31. The van der Waals surface area contributed by atoms with E-state index in [-0.39, 0.29) is 12.1 Å². The lowest BCUT2D eigenvalue weighted by Gasteiger charge is -2.25. The van der Waals surface area contributed by atoms with Gasteiger partial charge in [-0.2, -0.15) is 10.2 Å². The molecular formula is C18H26N6O. The van der Waals surface area contributed by atoms with Gasteiger partial charge in [0.15, 0.2) is 0 Å².